The Labute approximate surface area is 144 Å². The van der Waals surface area contributed by atoms with Crippen LogP contribution in [0.1, 0.15) is 57.4 Å². The van der Waals surface area contributed by atoms with E-state index in [1.807, 2.05) is 13.1 Å². The van der Waals surface area contributed by atoms with Crippen LogP contribution in [0.15, 0.2) is 6.20 Å². The molecule has 1 aliphatic heterocycles. The van der Waals surface area contributed by atoms with Crippen molar-refractivity contribution in [2.45, 2.75) is 45.4 Å². The Kier molecular flexibility index (Phi) is 5.40. The monoisotopic (exact) mass is 350 g/mol. The van der Waals surface area contributed by atoms with Gasteiger partial charge in [-0.1, -0.05) is 6.92 Å². The molecule has 1 fully saturated rings. The summed E-state index contributed by atoms with van der Waals surface area (Å²) in [6.45, 7) is 6.14. The van der Waals surface area contributed by atoms with Crippen LogP contribution < -0.4 is 10.6 Å². The predicted molar refractivity (Wildman–Crippen MR) is 95.8 cm³/mol. The highest BCUT2D eigenvalue weighted by Gasteiger charge is 2.20. The van der Waals surface area contributed by atoms with Crippen molar-refractivity contribution in [3.05, 3.63) is 26.7 Å². The third-order valence-corrected chi connectivity index (χ3v) is 6.29. The lowest BCUT2D eigenvalue weighted by Gasteiger charge is -2.20. The predicted octanol–water partition coefficient (Wildman–Crippen LogP) is 3.58. The SMILES string of the molecule is CCCc1nc(C)c(C(=O)Nc2ncc(C3CCNCC3)s2)s1. The van der Waals surface area contributed by atoms with Crippen LogP contribution in [0.4, 0.5) is 5.13 Å². The highest BCUT2D eigenvalue weighted by Crippen LogP contribution is 2.32. The molecule has 0 atom stereocenters. The first-order valence-corrected chi connectivity index (χ1v) is 9.74. The first kappa shape index (κ1) is 16.5. The maximum absolute atomic E-state index is 12.5. The minimum atomic E-state index is -0.0893. The van der Waals surface area contributed by atoms with Crippen molar-refractivity contribution in [3.63, 3.8) is 0 Å². The Bertz CT molecular complexity index is 673. The summed E-state index contributed by atoms with van der Waals surface area (Å²) in [6.07, 6.45) is 6.17. The molecule has 0 aromatic carbocycles. The van der Waals surface area contributed by atoms with E-state index >= 15 is 0 Å². The maximum atomic E-state index is 12.5. The van der Waals surface area contributed by atoms with E-state index in [0.29, 0.717) is 15.9 Å². The molecular formula is C16H22N4OS2. The Balaban J connectivity index is 1.67. The molecule has 23 heavy (non-hydrogen) atoms. The Morgan fingerprint density at radius 1 is 1.39 bits per heavy atom. The van der Waals surface area contributed by atoms with Crippen molar-refractivity contribution in [1.82, 2.24) is 15.3 Å². The Morgan fingerprint density at radius 3 is 2.91 bits per heavy atom. The van der Waals surface area contributed by atoms with Crippen molar-refractivity contribution in [2.75, 3.05) is 18.4 Å². The molecule has 3 heterocycles. The molecule has 0 saturated carbocycles. The lowest BCUT2D eigenvalue weighted by Crippen LogP contribution is -2.26. The molecule has 0 bridgehead atoms. The number of amides is 1. The summed E-state index contributed by atoms with van der Waals surface area (Å²) < 4.78 is 0. The van der Waals surface area contributed by atoms with Crippen molar-refractivity contribution in [2.24, 2.45) is 0 Å². The average Bonchev–Trinajstić information content (AvgIpc) is 3.15. The number of rotatable bonds is 5. The fourth-order valence-corrected chi connectivity index (χ4v) is 4.82. The molecule has 2 aromatic heterocycles. The molecule has 1 amide bonds. The van der Waals surface area contributed by atoms with E-state index in [0.717, 1.165) is 49.5 Å². The molecule has 3 rings (SSSR count). The molecule has 0 unspecified atom stereocenters. The molecule has 2 N–H and O–H groups in total. The van der Waals surface area contributed by atoms with E-state index < -0.39 is 0 Å². The minimum Gasteiger partial charge on any atom is -0.317 e. The fraction of sp³-hybridized carbons (Fsp3) is 0.562. The summed E-state index contributed by atoms with van der Waals surface area (Å²) in [4.78, 5) is 23.3. The summed E-state index contributed by atoms with van der Waals surface area (Å²) in [7, 11) is 0. The highest BCUT2D eigenvalue weighted by atomic mass is 32.1. The smallest absolute Gasteiger partial charge is 0.269 e. The number of carbonyl (C=O) groups excluding carboxylic acids is 1. The van der Waals surface area contributed by atoms with Gasteiger partial charge in [0.15, 0.2) is 5.13 Å². The van der Waals surface area contributed by atoms with Gasteiger partial charge in [-0.3, -0.25) is 10.1 Å². The van der Waals surface area contributed by atoms with Gasteiger partial charge in [0, 0.05) is 11.1 Å². The number of piperidine rings is 1. The topological polar surface area (TPSA) is 66.9 Å². The van der Waals surface area contributed by atoms with Crippen LogP contribution in [-0.2, 0) is 6.42 Å². The van der Waals surface area contributed by atoms with Crippen LogP contribution in [-0.4, -0.2) is 29.0 Å². The van der Waals surface area contributed by atoms with Gasteiger partial charge >= 0.3 is 0 Å². The van der Waals surface area contributed by atoms with Crippen LogP contribution in [0.3, 0.4) is 0 Å². The summed E-state index contributed by atoms with van der Waals surface area (Å²) in [5.41, 5.74) is 0.811. The number of aryl methyl sites for hydroxylation is 2. The Hall–Kier alpha value is -1.31. The number of thiazole rings is 2. The molecule has 0 spiro atoms. The third-order valence-electron chi connectivity index (χ3n) is 4.00. The van der Waals surface area contributed by atoms with Crippen molar-refractivity contribution in [1.29, 1.82) is 0 Å². The van der Waals surface area contributed by atoms with Crippen molar-refractivity contribution >= 4 is 33.7 Å². The zero-order valence-electron chi connectivity index (χ0n) is 13.5. The number of carbonyl (C=O) groups is 1. The van der Waals surface area contributed by atoms with E-state index in [4.69, 9.17) is 0 Å². The van der Waals surface area contributed by atoms with Crippen molar-refractivity contribution in [3.8, 4) is 0 Å². The second kappa shape index (κ2) is 7.51. The first-order valence-electron chi connectivity index (χ1n) is 8.11. The number of hydrogen-bond donors (Lipinski definition) is 2. The van der Waals surface area contributed by atoms with Gasteiger partial charge in [0.2, 0.25) is 0 Å². The number of aromatic nitrogens is 2. The molecule has 1 aliphatic rings. The molecule has 2 aromatic rings. The quantitative estimate of drug-likeness (QED) is 0.865. The van der Waals surface area contributed by atoms with Gasteiger partial charge in [0.1, 0.15) is 4.88 Å². The lowest BCUT2D eigenvalue weighted by molar-refractivity contribution is 0.103. The number of hydrogen-bond acceptors (Lipinski definition) is 6. The van der Waals surface area contributed by atoms with E-state index in [9.17, 15) is 4.79 Å². The van der Waals surface area contributed by atoms with E-state index in [-0.39, 0.29) is 5.91 Å². The molecule has 1 saturated heterocycles. The molecular weight excluding hydrogens is 328 g/mol. The van der Waals surface area contributed by atoms with Crippen LogP contribution in [0.2, 0.25) is 0 Å². The van der Waals surface area contributed by atoms with Crippen molar-refractivity contribution < 1.29 is 4.79 Å². The second-order valence-electron chi connectivity index (χ2n) is 5.82. The van der Waals surface area contributed by atoms with Crippen LogP contribution in [0.25, 0.3) is 0 Å². The number of nitrogens with zero attached hydrogens (tertiary/aromatic N) is 2. The van der Waals surface area contributed by atoms with E-state index in [2.05, 4.69) is 27.5 Å². The second-order valence-corrected chi connectivity index (χ2v) is 7.96. The van der Waals surface area contributed by atoms with Gasteiger partial charge in [0.05, 0.1) is 10.7 Å². The van der Waals surface area contributed by atoms with Gasteiger partial charge in [-0.15, -0.1) is 22.7 Å². The van der Waals surface area contributed by atoms with Gasteiger partial charge in [-0.05, 0) is 51.6 Å². The molecule has 0 aliphatic carbocycles. The summed E-state index contributed by atoms with van der Waals surface area (Å²) in [5.74, 6) is 0.481. The average molecular weight is 351 g/mol. The first-order chi connectivity index (χ1) is 11.2. The van der Waals surface area contributed by atoms with Gasteiger partial charge in [-0.2, -0.15) is 0 Å². The van der Waals surface area contributed by atoms with E-state index in [1.165, 1.54) is 16.2 Å². The number of anilines is 1. The fourth-order valence-electron chi connectivity index (χ4n) is 2.78. The zero-order chi connectivity index (χ0) is 16.2. The standard InChI is InChI=1S/C16H22N4OS2/c1-3-4-13-19-10(2)14(23-13)15(21)20-16-18-9-12(22-16)11-5-7-17-8-6-11/h9,11,17H,3-8H2,1-2H3,(H,18,20,21). The third kappa shape index (κ3) is 3.97. The van der Waals surface area contributed by atoms with Crippen LogP contribution >= 0.6 is 22.7 Å². The normalized spacial score (nSPS) is 15.7. The summed E-state index contributed by atoms with van der Waals surface area (Å²) in [5, 5.41) is 8.03. The van der Waals surface area contributed by atoms with Crippen LogP contribution in [0, 0.1) is 6.92 Å². The van der Waals surface area contributed by atoms with Crippen LogP contribution in [0.5, 0.6) is 0 Å². The molecule has 0 radical (unpaired) electrons. The highest BCUT2D eigenvalue weighted by molar-refractivity contribution is 7.16. The largest absolute Gasteiger partial charge is 0.317 e. The minimum absolute atomic E-state index is 0.0893. The van der Waals surface area contributed by atoms with Gasteiger partial charge in [-0.25, -0.2) is 9.97 Å². The lowest BCUT2D eigenvalue weighted by atomic mass is 9.97. The zero-order valence-corrected chi connectivity index (χ0v) is 15.1. The molecule has 7 heteroatoms. The molecule has 124 valence electrons. The number of nitrogens with one attached hydrogen (secondary N) is 2. The maximum Gasteiger partial charge on any atom is 0.269 e. The van der Waals surface area contributed by atoms with E-state index in [1.54, 1.807) is 11.3 Å². The Morgan fingerprint density at radius 2 is 2.17 bits per heavy atom. The molecule has 5 nitrogen and oxygen atoms in total. The summed E-state index contributed by atoms with van der Waals surface area (Å²) in [6, 6.07) is 0. The van der Waals surface area contributed by atoms with Gasteiger partial charge in [0.25, 0.3) is 5.91 Å². The van der Waals surface area contributed by atoms with Gasteiger partial charge < -0.3 is 5.32 Å². The summed E-state index contributed by atoms with van der Waals surface area (Å²) >= 11 is 3.09.